The molecule has 3 fully saturated rings. The smallest absolute Gasteiger partial charge is 0.326 e. The van der Waals surface area contributed by atoms with Crippen LogP contribution < -0.4 is 0 Å². The highest BCUT2D eigenvalue weighted by Gasteiger charge is 2.42. The fourth-order valence-electron chi connectivity index (χ4n) is 3.25. The first kappa shape index (κ1) is 13.4. The van der Waals surface area contributed by atoms with Gasteiger partial charge in [-0.25, -0.2) is 4.79 Å². The van der Waals surface area contributed by atoms with Crippen LogP contribution >= 0.6 is 0 Å². The van der Waals surface area contributed by atoms with Crippen LogP contribution in [0.2, 0.25) is 0 Å². The van der Waals surface area contributed by atoms with Gasteiger partial charge in [0.05, 0.1) is 5.92 Å². The van der Waals surface area contributed by atoms with Crippen LogP contribution in [0.3, 0.4) is 0 Å². The van der Waals surface area contributed by atoms with E-state index in [1.165, 1.54) is 17.7 Å². The van der Waals surface area contributed by atoms with Gasteiger partial charge in [-0.05, 0) is 31.6 Å². The topological polar surface area (TPSA) is 77.9 Å². The van der Waals surface area contributed by atoms with E-state index in [0.29, 0.717) is 25.4 Å². The van der Waals surface area contributed by atoms with Gasteiger partial charge in [-0.1, -0.05) is 0 Å². The van der Waals surface area contributed by atoms with Crippen molar-refractivity contribution in [2.45, 2.75) is 38.1 Å². The predicted molar refractivity (Wildman–Crippen MR) is 69.8 cm³/mol. The summed E-state index contributed by atoms with van der Waals surface area (Å²) in [6.45, 7) is 1.74. The highest BCUT2D eigenvalue weighted by molar-refractivity contribution is 5.91. The molecule has 0 bridgehead atoms. The van der Waals surface area contributed by atoms with Crippen LogP contribution in [0.5, 0.6) is 0 Å². The van der Waals surface area contributed by atoms with E-state index in [2.05, 4.69) is 0 Å². The van der Waals surface area contributed by atoms with Crippen molar-refractivity contribution >= 4 is 17.8 Å². The Kier molecular flexibility index (Phi) is 3.40. The average molecular weight is 280 g/mol. The third kappa shape index (κ3) is 2.51. The first-order valence-corrected chi connectivity index (χ1v) is 7.37. The summed E-state index contributed by atoms with van der Waals surface area (Å²) in [5, 5.41) is 9.14. The fraction of sp³-hybridized carbons (Fsp3) is 0.786. The summed E-state index contributed by atoms with van der Waals surface area (Å²) in [4.78, 5) is 38.7. The second kappa shape index (κ2) is 5.07. The molecule has 1 aliphatic carbocycles. The summed E-state index contributed by atoms with van der Waals surface area (Å²) >= 11 is 0. The number of hydrogen-bond acceptors (Lipinski definition) is 3. The minimum atomic E-state index is -0.935. The quantitative estimate of drug-likeness (QED) is 0.804. The molecule has 20 heavy (non-hydrogen) atoms. The van der Waals surface area contributed by atoms with Gasteiger partial charge >= 0.3 is 5.97 Å². The number of aliphatic carboxylic acids is 1. The van der Waals surface area contributed by atoms with Crippen molar-refractivity contribution in [2.24, 2.45) is 11.8 Å². The number of hydrogen-bond donors (Lipinski definition) is 1. The number of nitrogens with zero attached hydrogens (tertiary/aromatic N) is 2. The Bertz CT molecular complexity index is 446. The van der Waals surface area contributed by atoms with E-state index in [1.54, 1.807) is 4.90 Å². The van der Waals surface area contributed by atoms with Crippen molar-refractivity contribution in [2.75, 3.05) is 19.6 Å². The molecule has 2 heterocycles. The van der Waals surface area contributed by atoms with E-state index in [-0.39, 0.29) is 24.2 Å². The lowest BCUT2D eigenvalue weighted by molar-refractivity contribution is -0.149. The lowest BCUT2D eigenvalue weighted by atomic mass is 10.1. The van der Waals surface area contributed by atoms with Crippen LogP contribution in [0.25, 0.3) is 0 Å². The number of amides is 2. The molecule has 3 rings (SSSR count). The molecule has 1 N–H and O–H groups in total. The van der Waals surface area contributed by atoms with Gasteiger partial charge in [-0.15, -0.1) is 0 Å². The van der Waals surface area contributed by atoms with E-state index in [9.17, 15) is 14.4 Å². The molecular weight excluding hydrogens is 260 g/mol. The Labute approximate surface area is 117 Å². The van der Waals surface area contributed by atoms with Gasteiger partial charge in [0.1, 0.15) is 6.04 Å². The lowest BCUT2D eigenvalue weighted by Crippen LogP contribution is -2.44. The maximum absolute atomic E-state index is 12.4. The van der Waals surface area contributed by atoms with Crippen LogP contribution in [-0.4, -0.2) is 58.4 Å². The summed E-state index contributed by atoms with van der Waals surface area (Å²) in [6, 6.07) is -0.699. The van der Waals surface area contributed by atoms with Gasteiger partial charge in [0, 0.05) is 26.1 Å². The summed E-state index contributed by atoms with van der Waals surface area (Å²) < 4.78 is 0. The largest absolute Gasteiger partial charge is 0.480 e. The number of carboxylic acid groups (broad SMARTS) is 1. The van der Waals surface area contributed by atoms with Crippen molar-refractivity contribution in [3.63, 3.8) is 0 Å². The molecule has 6 heteroatoms. The Morgan fingerprint density at radius 3 is 2.65 bits per heavy atom. The Morgan fingerprint density at radius 2 is 2.00 bits per heavy atom. The molecule has 1 saturated carbocycles. The van der Waals surface area contributed by atoms with Crippen LogP contribution in [-0.2, 0) is 14.4 Å². The minimum Gasteiger partial charge on any atom is -0.480 e. The summed E-state index contributed by atoms with van der Waals surface area (Å²) in [7, 11) is 0. The fourth-order valence-corrected chi connectivity index (χ4v) is 3.25. The summed E-state index contributed by atoms with van der Waals surface area (Å²) in [5.74, 6) is -0.773. The van der Waals surface area contributed by atoms with Crippen molar-refractivity contribution in [3.8, 4) is 0 Å². The molecule has 0 radical (unpaired) electrons. The molecule has 110 valence electrons. The number of rotatable bonds is 4. The minimum absolute atomic E-state index is 0.0429. The second-order valence-electron chi connectivity index (χ2n) is 6.17. The highest BCUT2D eigenvalue weighted by Crippen LogP contribution is 2.32. The van der Waals surface area contributed by atoms with Crippen molar-refractivity contribution in [3.05, 3.63) is 0 Å². The van der Waals surface area contributed by atoms with E-state index in [4.69, 9.17) is 5.11 Å². The monoisotopic (exact) mass is 280 g/mol. The SMILES string of the molecule is O=C(O)[C@@H]1CCCN1C(=O)C1CC(=O)N(CC2CC2)C1. The molecule has 6 nitrogen and oxygen atoms in total. The summed E-state index contributed by atoms with van der Waals surface area (Å²) in [5.41, 5.74) is 0. The van der Waals surface area contributed by atoms with E-state index in [1.807, 2.05) is 0 Å². The molecule has 0 aromatic heterocycles. The van der Waals surface area contributed by atoms with Gasteiger partial charge in [0.25, 0.3) is 0 Å². The molecule has 3 aliphatic rings. The third-order valence-electron chi connectivity index (χ3n) is 4.56. The molecule has 2 aliphatic heterocycles. The van der Waals surface area contributed by atoms with Crippen molar-refractivity contribution < 1.29 is 19.5 Å². The van der Waals surface area contributed by atoms with E-state index in [0.717, 1.165) is 13.0 Å². The number of carbonyl (C=O) groups excluding carboxylic acids is 2. The molecule has 2 saturated heterocycles. The standard InChI is InChI=1S/C14H20N2O4/c17-12-6-10(8-15(12)7-9-3-4-9)13(18)16-5-1-2-11(16)14(19)20/h9-11H,1-8H2,(H,19,20)/t10?,11-/m0/s1. The zero-order valence-electron chi connectivity index (χ0n) is 11.5. The van der Waals surface area contributed by atoms with Gasteiger partial charge in [0.15, 0.2) is 0 Å². The molecule has 0 aromatic rings. The molecule has 0 spiro atoms. The Hall–Kier alpha value is -1.59. The second-order valence-corrected chi connectivity index (χ2v) is 6.17. The number of carboxylic acids is 1. The maximum Gasteiger partial charge on any atom is 0.326 e. The lowest BCUT2D eigenvalue weighted by Gasteiger charge is -2.24. The van der Waals surface area contributed by atoms with Gasteiger partial charge in [0.2, 0.25) is 11.8 Å². The first-order valence-electron chi connectivity index (χ1n) is 7.37. The van der Waals surface area contributed by atoms with Crippen LogP contribution in [0.15, 0.2) is 0 Å². The van der Waals surface area contributed by atoms with Crippen LogP contribution in [0.1, 0.15) is 32.1 Å². The Morgan fingerprint density at radius 1 is 1.25 bits per heavy atom. The zero-order chi connectivity index (χ0) is 14.3. The molecule has 2 atom stereocenters. The molecule has 0 aromatic carbocycles. The van der Waals surface area contributed by atoms with Crippen molar-refractivity contribution in [1.82, 2.24) is 9.80 Å². The van der Waals surface area contributed by atoms with Gasteiger partial charge in [-0.2, -0.15) is 0 Å². The number of carbonyl (C=O) groups is 3. The Balaban J connectivity index is 1.62. The number of likely N-dealkylation sites (tertiary alicyclic amines) is 2. The van der Waals surface area contributed by atoms with Gasteiger partial charge in [-0.3, -0.25) is 9.59 Å². The normalized spacial score (nSPS) is 30.1. The van der Waals surface area contributed by atoms with Crippen LogP contribution in [0, 0.1) is 11.8 Å². The van der Waals surface area contributed by atoms with Crippen molar-refractivity contribution in [1.29, 1.82) is 0 Å². The van der Waals surface area contributed by atoms with Crippen LogP contribution in [0.4, 0.5) is 0 Å². The average Bonchev–Trinajstić information content (AvgIpc) is 2.95. The van der Waals surface area contributed by atoms with E-state index >= 15 is 0 Å². The molecular formula is C14H20N2O4. The molecule has 1 unspecified atom stereocenters. The first-order chi connectivity index (χ1) is 9.56. The summed E-state index contributed by atoms with van der Waals surface area (Å²) in [6.07, 6.45) is 3.85. The van der Waals surface area contributed by atoms with Gasteiger partial charge < -0.3 is 14.9 Å². The van der Waals surface area contributed by atoms with E-state index < -0.39 is 12.0 Å². The maximum atomic E-state index is 12.4. The zero-order valence-corrected chi connectivity index (χ0v) is 11.5. The molecule has 2 amide bonds. The predicted octanol–water partition coefficient (Wildman–Crippen LogP) is 0.320. The highest BCUT2D eigenvalue weighted by atomic mass is 16.4. The third-order valence-corrected chi connectivity index (χ3v) is 4.56.